The van der Waals surface area contributed by atoms with E-state index in [1.165, 1.54) is 11.3 Å². The van der Waals surface area contributed by atoms with Crippen molar-refractivity contribution in [3.63, 3.8) is 0 Å². The van der Waals surface area contributed by atoms with E-state index in [2.05, 4.69) is 4.98 Å². The van der Waals surface area contributed by atoms with Crippen LogP contribution in [-0.4, -0.2) is 36.8 Å². The third-order valence-electron chi connectivity index (χ3n) is 4.58. The lowest BCUT2D eigenvalue weighted by Crippen LogP contribution is -2.40. The topological polar surface area (TPSA) is 51.7 Å². The van der Waals surface area contributed by atoms with Crippen LogP contribution in [0, 0.1) is 6.92 Å². The number of aromatic nitrogens is 1. The quantitative estimate of drug-likeness (QED) is 0.641. The van der Waals surface area contributed by atoms with Gasteiger partial charge in [0, 0.05) is 6.61 Å². The lowest BCUT2D eigenvalue weighted by atomic mass is 10.2. The highest BCUT2D eigenvalue weighted by Crippen LogP contribution is 2.30. The van der Waals surface area contributed by atoms with Gasteiger partial charge in [-0.25, -0.2) is 4.98 Å². The van der Waals surface area contributed by atoms with Crippen LogP contribution in [0.4, 0.5) is 5.13 Å². The highest BCUT2D eigenvalue weighted by molar-refractivity contribution is 7.22. The summed E-state index contributed by atoms with van der Waals surface area (Å²) in [5.41, 5.74) is 2.00. The zero-order valence-electron chi connectivity index (χ0n) is 15.3. The van der Waals surface area contributed by atoms with Crippen molar-refractivity contribution in [2.24, 2.45) is 0 Å². The SMILES string of the molecule is Cc1cccc(OCC(=O)N(CC2CCCO2)c2nc3ccccc3s2)c1. The summed E-state index contributed by atoms with van der Waals surface area (Å²) in [5, 5.41) is 0.699. The molecule has 4 rings (SSSR count). The maximum Gasteiger partial charge on any atom is 0.266 e. The van der Waals surface area contributed by atoms with Crippen molar-refractivity contribution in [2.75, 3.05) is 24.7 Å². The van der Waals surface area contributed by atoms with Gasteiger partial charge in [0.15, 0.2) is 11.7 Å². The Kier molecular flexibility index (Phi) is 5.36. The molecule has 0 bridgehead atoms. The molecule has 5 nitrogen and oxygen atoms in total. The second-order valence-electron chi connectivity index (χ2n) is 6.71. The first-order valence-corrected chi connectivity index (χ1v) is 9.98. The molecule has 1 aliphatic rings. The van der Waals surface area contributed by atoms with Crippen LogP contribution in [0.1, 0.15) is 18.4 Å². The summed E-state index contributed by atoms with van der Waals surface area (Å²) in [7, 11) is 0. The fraction of sp³-hybridized carbons (Fsp3) is 0.333. The second-order valence-corrected chi connectivity index (χ2v) is 7.72. The number of ether oxygens (including phenoxy) is 2. The third kappa shape index (κ3) is 4.28. The molecule has 2 aromatic carbocycles. The minimum Gasteiger partial charge on any atom is -0.484 e. The fourth-order valence-electron chi connectivity index (χ4n) is 3.18. The number of benzene rings is 2. The van der Waals surface area contributed by atoms with E-state index in [0.29, 0.717) is 17.4 Å². The minimum absolute atomic E-state index is 0.0217. The van der Waals surface area contributed by atoms with Crippen LogP contribution in [-0.2, 0) is 9.53 Å². The van der Waals surface area contributed by atoms with E-state index in [4.69, 9.17) is 9.47 Å². The van der Waals surface area contributed by atoms with Gasteiger partial charge in [-0.2, -0.15) is 0 Å². The molecular weight excluding hydrogens is 360 g/mol. The van der Waals surface area contributed by atoms with Crippen molar-refractivity contribution in [2.45, 2.75) is 25.9 Å². The van der Waals surface area contributed by atoms with Gasteiger partial charge in [0.25, 0.3) is 5.91 Å². The normalized spacial score (nSPS) is 16.6. The number of amides is 1. The number of hydrogen-bond donors (Lipinski definition) is 0. The van der Waals surface area contributed by atoms with Crippen LogP contribution in [0.2, 0.25) is 0 Å². The van der Waals surface area contributed by atoms with Crippen LogP contribution in [0.3, 0.4) is 0 Å². The minimum atomic E-state index is -0.105. The summed E-state index contributed by atoms with van der Waals surface area (Å²) in [6.45, 7) is 3.24. The number of rotatable bonds is 6. The highest BCUT2D eigenvalue weighted by atomic mass is 32.1. The van der Waals surface area contributed by atoms with Gasteiger partial charge in [0.2, 0.25) is 0 Å². The lowest BCUT2D eigenvalue weighted by Gasteiger charge is -2.23. The molecule has 1 saturated heterocycles. The molecule has 6 heteroatoms. The molecular formula is C21H22N2O3S. The Hall–Kier alpha value is -2.44. The van der Waals surface area contributed by atoms with Gasteiger partial charge in [0.1, 0.15) is 5.75 Å². The number of carbonyl (C=O) groups excluding carboxylic acids is 1. The Morgan fingerprint density at radius 1 is 1.30 bits per heavy atom. The van der Waals surface area contributed by atoms with Crippen LogP contribution in [0.25, 0.3) is 10.2 Å². The second kappa shape index (κ2) is 8.06. The molecule has 0 spiro atoms. The number of thiazole rings is 1. The van der Waals surface area contributed by atoms with E-state index in [9.17, 15) is 4.79 Å². The number of hydrogen-bond acceptors (Lipinski definition) is 5. The van der Waals surface area contributed by atoms with E-state index >= 15 is 0 Å². The molecule has 1 aliphatic heterocycles. The summed E-state index contributed by atoms with van der Waals surface area (Å²) in [6.07, 6.45) is 2.06. The van der Waals surface area contributed by atoms with Gasteiger partial charge in [-0.05, 0) is 49.6 Å². The summed E-state index contributed by atoms with van der Waals surface area (Å²) in [5.74, 6) is 0.593. The average Bonchev–Trinajstić information content (AvgIpc) is 3.33. The highest BCUT2D eigenvalue weighted by Gasteiger charge is 2.26. The van der Waals surface area contributed by atoms with Gasteiger partial charge in [-0.3, -0.25) is 9.69 Å². The molecule has 1 fully saturated rings. The molecule has 1 unspecified atom stereocenters. The molecule has 1 amide bonds. The van der Waals surface area contributed by atoms with E-state index in [0.717, 1.165) is 35.2 Å². The first-order chi connectivity index (χ1) is 13.2. The Morgan fingerprint density at radius 2 is 2.19 bits per heavy atom. The summed E-state index contributed by atoms with van der Waals surface area (Å²) >= 11 is 1.52. The summed E-state index contributed by atoms with van der Waals surface area (Å²) in [4.78, 5) is 19.4. The van der Waals surface area contributed by atoms with Crippen molar-refractivity contribution in [1.82, 2.24) is 4.98 Å². The molecule has 27 heavy (non-hydrogen) atoms. The molecule has 0 radical (unpaired) electrons. The molecule has 0 saturated carbocycles. The molecule has 2 heterocycles. The predicted octanol–water partition coefficient (Wildman–Crippen LogP) is 4.20. The summed E-state index contributed by atoms with van der Waals surface area (Å²) < 4.78 is 12.6. The summed E-state index contributed by atoms with van der Waals surface area (Å²) in [6, 6.07) is 15.6. The monoisotopic (exact) mass is 382 g/mol. The van der Waals surface area contributed by atoms with Crippen LogP contribution in [0.15, 0.2) is 48.5 Å². The Morgan fingerprint density at radius 3 is 2.96 bits per heavy atom. The zero-order valence-corrected chi connectivity index (χ0v) is 16.1. The smallest absolute Gasteiger partial charge is 0.266 e. The predicted molar refractivity (Wildman–Crippen MR) is 108 cm³/mol. The van der Waals surface area contributed by atoms with Gasteiger partial charge < -0.3 is 9.47 Å². The van der Waals surface area contributed by atoms with Gasteiger partial charge >= 0.3 is 0 Å². The number of aryl methyl sites for hydroxylation is 1. The van der Waals surface area contributed by atoms with E-state index in [-0.39, 0.29) is 18.6 Å². The molecule has 0 N–H and O–H groups in total. The Labute approximate surface area is 162 Å². The molecule has 0 aliphatic carbocycles. The first kappa shape index (κ1) is 17.9. The van der Waals surface area contributed by atoms with E-state index in [1.54, 1.807) is 4.90 Å². The van der Waals surface area contributed by atoms with Gasteiger partial charge in [-0.15, -0.1) is 0 Å². The van der Waals surface area contributed by atoms with Crippen molar-refractivity contribution in [3.05, 3.63) is 54.1 Å². The first-order valence-electron chi connectivity index (χ1n) is 9.16. The largest absolute Gasteiger partial charge is 0.484 e. The zero-order chi connectivity index (χ0) is 18.6. The molecule has 1 aromatic heterocycles. The number of nitrogens with zero attached hydrogens (tertiary/aromatic N) is 2. The standard InChI is InChI=1S/C21H22N2O3S/c1-15-6-4-7-16(12-15)26-14-20(24)23(13-17-8-5-11-25-17)21-22-18-9-2-3-10-19(18)27-21/h2-4,6-7,9-10,12,17H,5,8,11,13-14H2,1H3. The lowest BCUT2D eigenvalue weighted by molar-refractivity contribution is -0.120. The fourth-order valence-corrected chi connectivity index (χ4v) is 4.17. The maximum absolute atomic E-state index is 13.0. The third-order valence-corrected chi connectivity index (χ3v) is 5.64. The van der Waals surface area contributed by atoms with Crippen LogP contribution in [0.5, 0.6) is 5.75 Å². The van der Waals surface area contributed by atoms with Crippen LogP contribution >= 0.6 is 11.3 Å². The molecule has 1 atom stereocenters. The van der Waals surface area contributed by atoms with Crippen molar-refractivity contribution in [1.29, 1.82) is 0 Å². The molecule has 140 valence electrons. The Bertz CT molecular complexity index is 901. The van der Waals surface area contributed by atoms with Crippen molar-refractivity contribution < 1.29 is 14.3 Å². The van der Waals surface area contributed by atoms with Crippen molar-refractivity contribution >= 4 is 32.6 Å². The molecule has 3 aromatic rings. The van der Waals surface area contributed by atoms with Gasteiger partial charge in [0.05, 0.1) is 22.9 Å². The number of para-hydroxylation sites is 1. The number of carbonyl (C=O) groups is 1. The number of anilines is 1. The van der Waals surface area contributed by atoms with E-state index in [1.807, 2.05) is 55.5 Å². The van der Waals surface area contributed by atoms with Crippen molar-refractivity contribution in [3.8, 4) is 5.75 Å². The van der Waals surface area contributed by atoms with Gasteiger partial charge in [-0.1, -0.05) is 35.6 Å². The van der Waals surface area contributed by atoms with E-state index < -0.39 is 0 Å². The Balaban J connectivity index is 1.53. The average molecular weight is 382 g/mol. The van der Waals surface area contributed by atoms with Crippen LogP contribution < -0.4 is 9.64 Å². The maximum atomic E-state index is 13.0. The number of fused-ring (bicyclic) bond motifs is 1.